The number of likely N-dealkylation sites (N-methyl/N-ethyl adjacent to an activating group) is 1. The second-order valence-electron chi connectivity index (χ2n) is 4.68. The molecule has 8 heteroatoms. The van der Waals surface area contributed by atoms with Gasteiger partial charge in [0.25, 0.3) is 5.91 Å². The largest absolute Gasteiger partial charge is 0.480 e. The number of urea groups is 1. The maximum Gasteiger partial charge on any atom is 0.326 e. The molecule has 3 N–H and O–H groups in total. The maximum absolute atomic E-state index is 11.8. The number of hydrogen-bond acceptors (Lipinski definition) is 4. The van der Waals surface area contributed by atoms with Crippen LogP contribution < -0.4 is 10.6 Å². The number of piperidine rings is 1. The molecule has 0 aromatic carbocycles. The van der Waals surface area contributed by atoms with Crippen LogP contribution in [0, 0.1) is 0 Å². The van der Waals surface area contributed by atoms with Crippen LogP contribution in [0.3, 0.4) is 0 Å². The Morgan fingerprint density at radius 1 is 1.45 bits per heavy atom. The zero-order chi connectivity index (χ0) is 15.3. The molecule has 1 fully saturated rings. The van der Waals surface area contributed by atoms with Gasteiger partial charge in [0.1, 0.15) is 12.1 Å². The van der Waals surface area contributed by atoms with Crippen LogP contribution >= 0.6 is 0 Å². The molecule has 0 bridgehead atoms. The van der Waals surface area contributed by atoms with E-state index in [0.29, 0.717) is 12.8 Å². The van der Waals surface area contributed by atoms with Crippen LogP contribution in [-0.4, -0.2) is 53.0 Å². The molecule has 0 aromatic heterocycles. The lowest BCUT2D eigenvalue weighted by molar-refractivity contribution is -0.147. The summed E-state index contributed by atoms with van der Waals surface area (Å²) in [7, 11) is 1.35. The van der Waals surface area contributed by atoms with Crippen molar-refractivity contribution in [3.05, 3.63) is 0 Å². The number of amides is 4. The van der Waals surface area contributed by atoms with Crippen molar-refractivity contribution in [1.82, 2.24) is 15.5 Å². The second kappa shape index (κ2) is 6.88. The van der Waals surface area contributed by atoms with Crippen molar-refractivity contribution in [3.8, 4) is 0 Å². The number of carbonyl (C=O) groups is 4. The number of carbonyl (C=O) groups excluding carboxylic acids is 3. The average molecular weight is 285 g/mol. The highest BCUT2D eigenvalue weighted by Gasteiger charge is 2.33. The Hall–Kier alpha value is -2.12. The summed E-state index contributed by atoms with van der Waals surface area (Å²) >= 11 is 0. The summed E-state index contributed by atoms with van der Waals surface area (Å²) < 4.78 is 0. The normalized spacial score (nSPS) is 20.5. The van der Waals surface area contributed by atoms with Crippen LogP contribution in [0.5, 0.6) is 0 Å². The maximum atomic E-state index is 11.8. The zero-order valence-corrected chi connectivity index (χ0v) is 11.5. The van der Waals surface area contributed by atoms with Gasteiger partial charge in [-0.3, -0.25) is 14.5 Å². The van der Waals surface area contributed by atoms with E-state index in [1.165, 1.54) is 7.05 Å². The summed E-state index contributed by atoms with van der Waals surface area (Å²) in [5.41, 5.74) is 0. The van der Waals surface area contributed by atoms with Gasteiger partial charge < -0.3 is 15.7 Å². The van der Waals surface area contributed by atoms with Crippen molar-refractivity contribution in [2.24, 2.45) is 0 Å². The molecule has 4 amide bonds. The van der Waals surface area contributed by atoms with Crippen LogP contribution in [0.1, 0.15) is 32.6 Å². The van der Waals surface area contributed by atoms with Crippen LogP contribution in [-0.2, 0) is 14.4 Å². The Morgan fingerprint density at radius 2 is 2.10 bits per heavy atom. The zero-order valence-electron chi connectivity index (χ0n) is 11.5. The number of likely N-dealkylation sites (tertiary alicyclic amines) is 1. The minimum atomic E-state index is -1.12. The first kappa shape index (κ1) is 15.9. The van der Waals surface area contributed by atoms with Crippen molar-refractivity contribution in [1.29, 1.82) is 0 Å². The van der Waals surface area contributed by atoms with E-state index < -0.39 is 30.0 Å². The molecule has 2 atom stereocenters. The molecule has 1 rings (SSSR count). The average Bonchev–Trinajstić information content (AvgIpc) is 2.39. The fourth-order valence-corrected chi connectivity index (χ4v) is 1.95. The first-order chi connectivity index (χ1) is 9.36. The molecule has 1 aliphatic rings. The summed E-state index contributed by atoms with van der Waals surface area (Å²) in [4.78, 5) is 46.6. The van der Waals surface area contributed by atoms with E-state index in [-0.39, 0.29) is 18.7 Å². The SMILES string of the molecule is CCC[C@@H](NC(=O)NC1CCC(=O)N(C)C1=O)C(=O)O. The topological polar surface area (TPSA) is 116 Å². The van der Waals surface area contributed by atoms with E-state index in [2.05, 4.69) is 10.6 Å². The molecule has 0 aliphatic carbocycles. The number of aliphatic carboxylic acids is 1. The highest BCUT2D eigenvalue weighted by molar-refractivity contribution is 6.01. The highest BCUT2D eigenvalue weighted by Crippen LogP contribution is 2.11. The van der Waals surface area contributed by atoms with E-state index in [1.807, 2.05) is 0 Å². The number of imide groups is 1. The Balaban J connectivity index is 2.55. The van der Waals surface area contributed by atoms with Gasteiger partial charge in [0, 0.05) is 13.5 Å². The smallest absolute Gasteiger partial charge is 0.326 e. The van der Waals surface area contributed by atoms with Gasteiger partial charge in [0.05, 0.1) is 0 Å². The number of rotatable bonds is 5. The number of nitrogens with one attached hydrogen (secondary N) is 2. The van der Waals surface area contributed by atoms with Crippen molar-refractivity contribution in [3.63, 3.8) is 0 Å². The standard InChI is InChI=1S/C12H19N3O5/c1-3-4-8(11(18)19)14-12(20)13-7-5-6-9(16)15(2)10(7)17/h7-8H,3-6H2,1-2H3,(H,18,19)(H2,13,14,20)/t7?,8-/m1/s1. The van der Waals surface area contributed by atoms with Crippen molar-refractivity contribution in [2.75, 3.05) is 7.05 Å². The second-order valence-corrected chi connectivity index (χ2v) is 4.68. The molecule has 0 spiro atoms. The number of hydrogen-bond donors (Lipinski definition) is 3. The molecule has 0 radical (unpaired) electrons. The van der Waals surface area contributed by atoms with Gasteiger partial charge in [-0.05, 0) is 12.8 Å². The van der Waals surface area contributed by atoms with E-state index in [1.54, 1.807) is 6.92 Å². The van der Waals surface area contributed by atoms with Crippen molar-refractivity contribution in [2.45, 2.75) is 44.7 Å². The minimum Gasteiger partial charge on any atom is -0.480 e. The summed E-state index contributed by atoms with van der Waals surface area (Å²) in [5.74, 6) is -1.90. The van der Waals surface area contributed by atoms with Gasteiger partial charge in [-0.25, -0.2) is 9.59 Å². The van der Waals surface area contributed by atoms with Gasteiger partial charge in [0.2, 0.25) is 5.91 Å². The molecule has 20 heavy (non-hydrogen) atoms. The molecule has 1 saturated heterocycles. The Kier molecular flexibility index (Phi) is 5.48. The van der Waals surface area contributed by atoms with Crippen LogP contribution in [0.25, 0.3) is 0 Å². The third kappa shape index (κ3) is 3.94. The quantitative estimate of drug-likeness (QED) is 0.599. The molecular weight excluding hydrogens is 266 g/mol. The minimum absolute atomic E-state index is 0.171. The van der Waals surface area contributed by atoms with E-state index >= 15 is 0 Å². The predicted octanol–water partition coefficient (Wildman–Crippen LogP) is -0.314. The molecule has 8 nitrogen and oxygen atoms in total. The molecule has 112 valence electrons. The van der Waals surface area contributed by atoms with Crippen LogP contribution in [0.15, 0.2) is 0 Å². The van der Waals surface area contributed by atoms with Gasteiger partial charge in [-0.2, -0.15) is 0 Å². The fourth-order valence-electron chi connectivity index (χ4n) is 1.95. The summed E-state index contributed by atoms with van der Waals surface area (Å²) in [6, 6.07) is -2.50. The third-order valence-corrected chi connectivity index (χ3v) is 3.14. The van der Waals surface area contributed by atoms with Gasteiger partial charge in [0.15, 0.2) is 0 Å². The third-order valence-electron chi connectivity index (χ3n) is 3.14. The van der Waals surface area contributed by atoms with Crippen LogP contribution in [0.2, 0.25) is 0 Å². The molecule has 0 aromatic rings. The molecule has 1 aliphatic heterocycles. The number of carboxylic acids is 1. The Morgan fingerprint density at radius 3 is 2.65 bits per heavy atom. The summed E-state index contributed by atoms with van der Waals surface area (Å²) in [5, 5.41) is 13.6. The Bertz CT molecular complexity index is 423. The number of carboxylic acid groups (broad SMARTS) is 1. The lowest BCUT2D eigenvalue weighted by Crippen LogP contribution is -2.56. The molecule has 0 saturated carbocycles. The Labute approximate surface area is 116 Å². The van der Waals surface area contributed by atoms with Crippen molar-refractivity contribution < 1.29 is 24.3 Å². The van der Waals surface area contributed by atoms with Gasteiger partial charge in [-0.15, -0.1) is 0 Å². The molecule has 1 unspecified atom stereocenters. The van der Waals surface area contributed by atoms with Crippen molar-refractivity contribution >= 4 is 23.8 Å². The first-order valence-electron chi connectivity index (χ1n) is 6.47. The lowest BCUT2D eigenvalue weighted by Gasteiger charge is -2.28. The van der Waals surface area contributed by atoms with Crippen LogP contribution in [0.4, 0.5) is 4.79 Å². The van der Waals surface area contributed by atoms with Gasteiger partial charge >= 0.3 is 12.0 Å². The highest BCUT2D eigenvalue weighted by atomic mass is 16.4. The van der Waals surface area contributed by atoms with E-state index in [9.17, 15) is 19.2 Å². The predicted molar refractivity (Wildman–Crippen MR) is 68.8 cm³/mol. The van der Waals surface area contributed by atoms with E-state index in [4.69, 9.17) is 5.11 Å². The lowest BCUT2D eigenvalue weighted by atomic mass is 10.1. The first-order valence-corrected chi connectivity index (χ1v) is 6.47. The monoisotopic (exact) mass is 285 g/mol. The molecule has 1 heterocycles. The molecular formula is C12H19N3O5. The van der Waals surface area contributed by atoms with Gasteiger partial charge in [-0.1, -0.05) is 13.3 Å². The fraction of sp³-hybridized carbons (Fsp3) is 0.667. The summed E-state index contributed by atoms with van der Waals surface area (Å²) in [6.07, 6.45) is 1.31. The summed E-state index contributed by atoms with van der Waals surface area (Å²) in [6.45, 7) is 1.81. The van der Waals surface area contributed by atoms with E-state index in [0.717, 1.165) is 4.90 Å². The number of nitrogens with zero attached hydrogens (tertiary/aromatic N) is 1.